The van der Waals surface area contributed by atoms with Crippen LogP contribution in [0.2, 0.25) is 0 Å². The fourth-order valence-corrected chi connectivity index (χ4v) is 3.54. The molecule has 0 unspecified atom stereocenters. The van der Waals surface area contributed by atoms with Gasteiger partial charge in [0.15, 0.2) is 11.6 Å². The predicted molar refractivity (Wildman–Crippen MR) is 99.8 cm³/mol. The summed E-state index contributed by atoms with van der Waals surface area (Å²) in [5.41, 5.74) is 1.79. The van der Waals surface area contributed by atoms with Gasteiger partial charge in [0.2, 0.25) is 5.89 Å². The molecule has 0 spiro atoms. The van der Waals surface area contributed by atoms with Gasteiger partial charge in [-0.05, 0) is 37.4 Å². The molecule has 7 nitrogen and oxygen atoms in total. The third-order valence-electron chi connectivity index (χ3n) is 4.83. The highest BCUT2D eigenvalue weighted by molar-refractivity contribution is 5.57. The van der Waals surface area contributed by atoms with Crippen LogP contribution in [-0.4, -0.2) is 38.3 Å². The summed E-state index contributed by atoms with van der Waals surface area (Å²) in [6.45, 7) is 6.99. The van der Waals surface area contributed by atoms with Crippen LogP contribution in [0.5, 0.6) is 0 Å². The number of hydrogen-bond acceptors (Lipinski definition) is 7. The Morgan fingerprint density at radius 1 is 1.26 bits per heavy atom. The maximum atomic E-state index is 5.54. The minimum atomic E-state index is 0.285. The van der Waals surface area contributed by atoms with Gasteiger partial charge in [-0.25, -0.2) is 0 Å². The van der Waals surface area contributed by atoms with E-state index in [1.165, 1.54) is 0 Å². The van der Waals surface area contributed by atoms with Crippen molar-refractivity contribution in [1.29, 1.82) is 0 Å². The number of hydrogen-bond donors (Lipinski definition) is 0. The number of pyridine rings is 1. The van der Waals surface area contributed by atoms with E-state index in [1.807, 2.05) is 18.2 Å². The first kappa shape index (κ1) is 17.9. The number of rotatable bonds is 6. The lowest BCUT2D eigenvalue weighted by molar-refractivity contribution is 0.165. The molecule has 142 valence electrons. The first-order chi connectivity index (χ1) is 13.2. The van der Waals surface area contributed by atoms with Crippen molar-refractivity contribution in [2.24, 2.45) is 5.92 Å². The first-order valence-electron chi connectivity index (χ1n) is 9.58. The lowest BCUT2D eigenvalue weighted by Gasteiger charge is -2.29. The highest BCUT2D eigenvalue weighted by atomic mass is 16.5. The molecule has 0 amide bonds. The SMILES string of the molecule is CC(C)Cc1noc([C@H]2CCCN(Cc3cc(-c4cccnc4)no3)C2)n1. The van der Waals surface area contributed by atoms with Crippen molar-refractivity contribution in [1.82, 2.24) is 25.2 Å². The standard InChI is InChI=1S/C20H25N5O2/c1-14(2)9-19-22-20(27-24-19)16-6-4-8-25(12-16)13-17-10-18(23-26-17)15-5-3-7-21-11-15/h3,5,7,10-11,14,16H,4,6,8-9,12-13H2,1-2H3/t16-/m0/s1. The monoisotopic (exact) mass is 367 g/mol. The molecular formula is C20H25N5O2. The number of aromatic nitrogens is 4. The molecule has 1 aliphatic heterocycles. The van der Waals surface area contributed by atoms with Gasteiger partial charge in [0.05, 0.1) is 12.5 Å². The minimum Gasteiger partial charge on any atom is -0.359 e. The van der Waals surface area contributed by atoms with Crippen molar-refractivity contribution in [3.05, 3.63) is 48.1 Å². The Balaban J connectivity index is 1.39. The maximum Gasteiger partial charge on any atom is 0.231 e. The van der Waals surface area contributed by atoms with E-state index >= 15 is 0 Å². The van der Waals surface area contributed by atoms with Crippen LogP contribution >= 0.6 is 0 Å². The van der Waals surface area contributed by atoms with Crippen molar-refractivity contribution in [3.8, 4) is 11.3 Å². The molecule has 0 radical (unpaired) electrons. The van der Waals surface area contributed by atoms with Gasteiger partial charge < -0.3 is 9.05 Å². The summed E-state index contributed by atoms with van der Waals surface area (Å²) in [5.74, 6) is 3.25. The molecule has 3 aromatic rings. The van der Waals surface area contributed by atoms with Gasteiger partial charge in [0, 0.05) is 37.0 Å². The van der Waals surface area contributed by atoms with Crippen LogP contribution in [0.1, 0.15) is 50.1 Å². The number of nitrogens with zero attached hydrogens (tertiary/aromatic N) is 5. The summed E-state index contributed by atoms with van der Waals surface area (Å²) < 4.78 is 11.1. The minimum absolute atomic E-state index is 0.285. The lowest BCUT2D eigenvalue weighted by Crippen LogP contribution is -2.33. The fraction of sp³-hybridized carbons (Fsp3) is 0.500. The molecule has 1 aliphatic rings. The van der Waals surface area contributed by atoms with E-state index in [2.05, 4.69) is 39.0 Å². The molecule has 0 aromatic carbocycles. The van der Waals surface area contributed by atoms with Crippen LogP contribution in [0.3, 0.4) is 0 Å². The summed E-state index contributed by atoms with van der Waals surface area (Å²) >= 11 is 0. The zero-order valence-electron chi connectivity index (χ0n) is 15.8. The Kier molecular flexibility index (Phi) is 5.29. The average Bonchev–Trinajstić information content (AvgIpc) is 3.32. The molecule has 27 heavy (non-hydrogen) atoms. The van der Waals surface area contributed by atoms with Crippen molar-refractivity contribution in [2.75, 3.05) is 13.1 Å². The van der Waals surface area contributed by atoms with Gasteiger partial charge in [-0.2, -0.15) is 4.98 Å². The van der Waals surface area contributed by atoms with Gasteiger partial charge in [-0.15, -0.1) is 0 Å². The average molecular weight is 367 g/mol. The fourth-order valence-electron chi connectivity index (χ4n) is 3.54. The van der Waals surface area contributed by atoms with Gasteiger partial charge >= 0.3 is 0 Å². The van der Waals surface area contributed by atoms with Crippen LogP contribution in [0, 0.1) is 5.92 Å². The second-order valence-corrected chi connectivity index (χ2v) is 7.64. The highest BCUT2D eigenvalue weighted by Gasteiger charge is 2.27. The van der Waals surface area contributed by atoms with Crippen LogP contribution in [0.4, 0.5) is 0 Å². The third kappa shape index (κ3) is 4.42. The van der Waals surface area contributed by atoms with E-state index < -0.39 is 0 Å². The molecule has 1 saturated heterocycles. The summed E-state index contributed by atoms with van der Waals surface area (Å²) in [6, 6.07) is 5.88. The lowest BCUT2D eigenvalue weighted by atomic mass is 9.98. The molecule has 1 atom stereocenters. The van der Waals surface area contributed by atoms with Gasteiger partial charge in [-0.1, -0.05) is 24.2 Å². The third-order valence-corrected chi connectivity index (χ3v) is 4.83. The van der Waals surface area contributed by atoms with Gasteiger partial charge in [0.1, 0.15) is 5.69 Å². The molecule has 1 fully saturated rings. The Bertz CT molecular complexity index is 858. The second kappa shape index (κ2) is 8.00. The second-order valence-electron chi connectivity index (χ2n) is 7.64. The summed E-state index contributed by atoms with van der Waals surface area (Å²) in [5, 5.41) is 8.32. The topological polar surface area (TPSA) is 81.1 Å². The van der Waals surface area contributed by atoms with Crippen molar-refractivity contribution < 1.29 is 9.05 Å². The largest absolute Gasteiger partial charge is 0.359 e. The zero-order valence-corrected chi connectivity index (χ0v) is 15.8. The number of piperidine rings is 1. The molecular weight excluding hydrogens is 342 g/mol. The first-order valence-corrected chi connectivity index (χ1v) is 9.58. The van der Waals surface area contributed by atoms with Crippen LogP contribution in [0.25, 0.3) is 11.3 Å². The molecule has 0 bridgehead atoms. The number of likely N-dealkylation sites (tertiary alicyclic amines) is 1. The molecule has 7 heteroatoms. The quantitative estimate of drug-likeness (QED) is 0.657. The van der Waals surface area contributed by atoms with E-state index in [0.717, 1.165) is 67.6 Å². The summed E-state index contributed by atoms with van der Waals surface area (Å²) in [4.78, 5) is 11.1. The van der Waals surface area contributed by atoms with E-state index in [0.29, 0.717) is 5.92 Å². The molecule has 0 saturated carbocycles. The molecule has 3 aromatic heterocycles. The van der Waals surface area contributed by atoms with E-state index in [1.54, 1.807) is 12.4 Å². The van der Waals surface area contributed by atoms with Gasteiger partial charge in [-0.3, -0.25) is 9.88 Å². The zero-order chi connectivity index (χ0) is 18.6. The molecule has 0 aliphatic carbocycles. The molecule has 4 rings (SSSR count). The predicted octanol–water partition coefficient (Wildman–Crippen LogP) is 3.70. The smallest absolute Gasteiger partial charge is 0.231 e. The molecule has 4 heterocycles. The van der Waals surface area contributed by atoms with E-state index in [4.69, 9.17) is 9.05 Å². The van der Waals surface area contributed by atoms with Gasteiger partial charge in [0.25, 0.3) is 0 Å². The Morgan fingerprint density at radius 3 is 3.00 bits per heavy atom. The summed E-state index contributed by atoms with van der Waals surface area (Å²) in [6.07, 6.45) is 6.59. The van der Waals surface area contributed by atoms with Crippen LogP contribution in [-0.2, 0) is 13.0 Å². The summed E-state index contributed by atoms with van der Waals surface area (Å²) in [7, 11) is 0. The Labute approximate surface area is 158 Å². The van der Waals surface area contributed by atoms with Crippen molar-refractivity contribution >= 4 is 0 Å². The Morgan fingerprint density at radius 2 is 2.19 bits per heavy atom. The molecule has 0 N–H and O–H groups in total. The Hall–Kier alpha value is -2.54. The van der Waals surface area contributed by atoms with Crippen molar-refractivity contribution in [2.45, 2.75) is 45.6 Å². The highest BCUT2D eigenvalue weighted by Crippen LogP contribution is 2.27. The van der Waals surface area contributed by atoms with Crippen LogP contribution < -0.4 is 0 Å². The van der Waals surface area contributed by atoms with Crippen molar-refractivity contribution in [3.63, 3.8) is 0 Å². The normalized spacial score (nSPS) is 18.3. The van der Waals surface area contributed by atoms with Crippen LogP contribution in [0.15, 0.2) is 39.6 Å². The van der Waals surface area contributed by atoms with E-state index in [-0.39, 0.29) is 5.92 Å². The maximum absolute atomic E-state index is 5.54. The van der Waals surface area contributed by atoms with E-state index in [9.17, 15) is 0 Å².